The number of methoxy groups -OCH3 is 1. The minimum absolute atomic E-state index is 0.583. The molecule has 0 radical (unpaired) electrons. The lowest BCUT2D eigenvalue weighted by Crippen LogP contribution is -2.08. The van der Waals surface area contributed by atoms with Gasteiger partial charge in [-0.25, -0.2) is 4.98 Å². The predicted octanol–water partition coefficient (Wildman–Crippen LogP) is 1.63. The van der Waals surface area contributed by atoms with Crippen molar-refractivity contribution < 1.29 is 9.47 Å². The van der Waals surface area contributed by atoms with Gasteiger partial charge < -0.3 is 14.8 Å². The standard InChI is InChI=1S/C11H19N3O2/c1-4-16-7-5-6-12-10-8-11(15-3)14-9(2)13-10/h8H,4-7H2,1-3H3,(H,12,13,14). The van der Waals surface area contributed by atoms with Crippen LogP contribution in [0.5, 0.6) is 5.88 Å². The molecular formula is C11H19N3O2. The van der Waals surface area contributed by atoms with Crippen LogP contribution in [0.25, 0.3) is 0 Å². The number of aryl methyl sites for hydroxylation is 1. The molecule has 0 aliphatic heterocycles. The number of hydrogen-bond donors (Lipinski definition) is 1. The fraction of sp³-hybridized carbons (Fsp3) is 0.636. The van der Waals surface area contributed by atoms with E-state index in [0.717, 1.165) is 32.0 Å². The molecule has 5 heteroatoms. The van der Waals surface area contributed by atoms with Crippen molar-refractivity contribution in [3.63, 3.8) is 0 Å². The Morgan fingerprint density at radius 2 is 2.19 bits per heavy atom. The zero-order valence-corrected chi connectivity index (χ0v) is 10.1. The molecule has 0 aliphatic rings. The number of hydrogen-bond acceptors (Lipinski definition) is 5. The Morgan fingerprint density at radius 1 is 1.38 bits per heavy atom. The third-order valence-electron chi connectivity index (χ3n) is 2.00. The molecule has 0 aromatic carbocycles. The number of nitrogens with zero attached hydrogens (tertiary/aromatic N) is 2. The van der Waals surface area contributed by atoms with E-state index in [1.165, 1.54) is 0 Å². The smallest absolute Gasteiger partial charge is 0.218 e. The molecule has 90 valence electrons. The average molecular weight is 225 g/mol. The lowest BCUT2D eigenvalue weighted by Gasteiger charge is -2.07. The molecule has 0 saturated carbocycles. The lowest BCUT2D eigenvalue weighted by atomic mass is 10.4. The van der Waals surface area contributed by atoms with Gasteiger partial charge in [0.15, 0.2) is 0 Å². The number of anilines is 1. The summed E-state index contributed by atoms with van der Waals surface area (Å²) in [6, 6.07) is 1.79. The number of ether oxygens (including phenoxy) is 2. The van der Waals surface area contributed by atoms with Crippen molar-refractivity contribution in [2.24, 2.45) is 0 Å². The minimum atomic E-state index is 0.583. The molecule has 0 aliphatic carbocycles. The van der Waals surface area contributed by atoms with Gasteiger partial charge in [0.1, 0.15) is 11.6 Å². The molecule has 0 amide bonds. The normalized spacial score (nSPS) is 10.2. The summed E-state index contributed by atoms with van der Waals surface area (Å²) in [7, 11) is 1.60. The summed E-state index contributed by atoms with van der Waals surface area (Å²) in [4.78, 5) is 8.37. The van der Waals surface area contributed by atoms with Crippen molar-refractivity contribution in [3.8, 4) is 5.88 Å². The van der Waals surface area contributed by atoms with E-state index in [2.05, 4.69) is 15.3 Å². The maximum atomic E-state index is 5.24. The van der Waals surface area contributed by atoms with E-state index in [-0.39, 0.29) is 0 Å². The highest BCUT2D eigenvalue weighted by atomic mass is 16.5. The number of nitrogens with one attached hydrogen (secondary N) is 1. The second-order valence-electron chi connectivity index (χ2n) is 3.32. The minimum Gasteiger partial charge on any atom is -0.481 e. The summed E-state index contributed by atoms with van der Waals surface area (Å²) < 4.78 is 10.3. The Balaban J connectivity index is 2.38. The first-order chi connectivity index (χ1) is 7.76. The summed E-state index contributed by atoms with van der Waals surface area (Å²) in [6.45, 7) is 6.20. The van der Waals surface area contributed by atoms with Crippen LogP contribution in [0.1, 0.15) is 19.2 Å². The van der Waals surface area contributed by atoms with E-state index in [4.69, 9.17) is 9.47 Å². The Morgan fingerprint density at radius 3 is 2.88 bits per heavy atom. The van der Waals surface area contributed by atoms with E-state index in [9.17, 15) is 0 Å². The van der Waals surface area contributed by atoms with E-state index in [1.807, 2.05) is 13.8 Å². The Bertz CT molecular complexity index is 318. The van der Waals surface area contributed by atoms with Crippen LogP contribution in [0, 0.1) is 6.92 Å². The van der Waals surface area contributed by atoms with Gasteiger partial charge in [-0.15, -0.1) is 0 Å². The summed E-state index contributed by atoms with van der Waals surface area (Å²) in [5.41, 5.74) is 0. The van der Waals surface area contributed by atoms with Crippen LogP contribution in [-0.2, 0) is 4.74 Å². The van der Waals surface area contributed by atoms with Gasteiger partial charge in [0.2, 0.25) is 5.88 Å². The highest BCUT2D eigenvalue weighted by molar-refractivity contribution is 5.38. The monoisotopic (exact) mass is 225 g/mol. The van der Waals surface area contributed by atoms with Crippen molar-refractivity contribution in [3.05, 3.63) is 11.9 Å². The summed E-state index contributed by atoms with van der Waals surface area (Å²) >= 11 is 0. The van der Waals surface area contributed by atoms with Crippen LogP contribution in [0.15, 0.2) is 6.07 Å². The first-order valence-electron chi connectivity index (χ1n) is 5.47. The molecule has 1 rings (SSSR count). The molecule has 1 aromatic rings. The van der Waals surface area contributed by atoms with Crippen molar-refractivity contribution in [2.45, 2.75) is 20.3 Å². The Hall–Kier alpha value is -1.36. The molecule has 0 spiro atoms. The summed E-state index contributed by atoms with van der Waals surface area (Å²) in [5.74, 6) is 2.08. The number of aromatic nitrogens is 2. The van der Waals surface area contributed by atoms with Gasteiger partial charge in [-0.3, -0.25) is 0 Å². The highest BCUT2D eigenvalue weighted by Crippen LogP contribution is 2.12. The predicted molar refractivity (Wildman–Crippen MR) is 62.9 cm³/mol. The van der Waals surface area contributed by atoms with Crippen molar-refractivity contribution in [1.29, 1.82) is 0 Å². The molecule has 5 nitrogen and oxygen atoms in total. The van der Waals surface area contributed by atoms with Crippen molar-refractivity contribution in [1.82, 2.24) is 9.97 Å². The van der Waals surface area contributed by atoms with Crippen molar-refractivity contribution in [2.75, 3.05) is 32.2 Å². The van der Waals surface area contributed by atoms with E-state index in [1.54, 1.807) is 13.2 Å². The van der Waals surface area contributed by atoms with Gasteiger partial charge in [-0.2, -0.15) is 4.98 Å². The van der Waals surface area contributed by atoms with Gasteiger partial charge in [0.05, 0.1) is 7.11 Å². The molecule has 1 heterocycles. The molecule has 0 unspecified atom stereocenters. The molecule has 0 saturated heterocycles. The van der Waals surface area contributed by atoms with E-state index in [0.29, 0.717) is 11.7 Å². The van der Waals surface area contributed by atoms with Crippen LogP contribution < -0.4 is 10.1 Å². The Labute approximate surface area is 96.2 Å². The third-order valence-corrected chi connectivity index (χ3v) is 2.00. The molecule has 1 aromatic heterocycles. The van der Waals surface area contributed by atoms with Crippen LogP contribution in [0.4, 0.5) is 5.82 Å². The molecule has 0 fully saturated rings. The topological polar surface area (TPSA) is 56.3 Å². The van der Waals surface area contributed by atoms with Crippen molar-refractivity contribution >= 4 is 5.82 Å². The lowest BCUT2D eigenvalue weighted by molar-refractivity contribution is 0.147. The van der Waals surface area contributed by atoms with Gasteiger partial charge in [-0.1, -0.05) is 0 Å². The van der Waals surface area contributed by atoms with Gasteiger partial charge in [-0.05, 0) is 20.3 Å². The second-order valence-corrected chi connectivity index (χ2v) is 3.32. The maximum Gasteiger partial charge on any atom is 0.218 e. The SMILES string of the molecule is CCOCCCNc1cc(OC)nc(C)n1. The zero-order chi connectivity index (χ0) is 11.8. The Kier molecular flexibility index (Phi) is 5.56. The van der Waals surface area contributed by atoms with Crippen LogP contribution in [0.3, 0.4) is 0 Å². The molecular weight excluding hydrogens is 206 g/mol. The van der Waals surface area contributed by atoms with Crippen LogP contribution in [0.2, 0.25) is 0 Å². The molecule has 0 atom stereocenters. The van der Waals surface area contributed by atoms with E-state index < -0.39 is 0 Å². The second kappa shape index (κ2) is 7.00. The van der Waals surface area contributed by atoms with Gasteiger partial charge >= 0.3 is 0 Å². The van der Waals surface area contributed by atoms with Crippen LogP contribution >= 0.6 is 0 Å². The largest absolute Gasteiger partial charge is 0.481 e. The molecule has 1 N–H and O–H groups in total. The zero-order valence-electron chi connectivity index (χ0n) is 10.1. The fourth-order valence-corrected chi connectivity index (χ4v) is 1.27. The van der Waals surface area contributed by atoms with Crippen LogP contribution in [-0.4, -0.2) is 36.8 Å². The average Bonchev–Trinajstić information content (AvgIpc) is 2.28. The highest BCUT2D eigenvalue weighted by Gasteiger charge is 2.00. The quantitative estimate of drug-likeness (QED) is 0.715. The van der Waals surface area contributed by atoms with Gasteiger partial charge in [0.25, 0.3) is 0 Å². The first kappa shape index (κ1) is 12.7. The summed E-state index contributed by atoms with van der Waals surface area (Å²) in [5, 5.41) is 3.21. The third kappa shape index (κ3) is 4.44. The summed E-state index contributed by atoms with van der Waals surface area (Å²) in [6.07, 6.45) is 0.958. The maximum absolute atomic E-state index is 5.24. The van der Waals surface area contributed by atoms with Gasteiger partial charge in [0, 0.05) is 25.8 Å². The molecule has 0 bridgehead atoms. The number of rotatable bonds is 7. The molecule has 16 heavy (non-hydrogen) atoms. The van der Waals surface area contributed by atoms with E-state index >= 15 is 0 Å². The first-order valence-corrected chi connectivity index (χ1v) is 5.47. The fourth-order valence-electron chi connectivity index (χ4n) is 1.27.